The molecule has 3 aromatic rings. The minimum atomic E-state index is -0.760. The first-order valence-electron chi connectivity index (χ1n) is 9.56. The largest absolute Gasteiger partial charge is 0.506 e. The van der Waals surface area contributed by atoms with Crippen molar-refractivity contribution in [3.8, 4) is 5.75 Å². The number of phenolic OH excluding ortho intramolecular Hbond substituents is 1. The van der Waals surface area contributed by atoms with Crippen molar-refractivity contribution in [3.05, 3.63) is 92.0 Å². The van der Waals surface area contributed by atoms with E-state index >= 15 is 0 Å². The highest BCUT2D eigenvalue weighted by Crippen LogP contribution is 2.35. The van der Waals surface area contributed by atoms with Crippen LogP contribution >= 0.6 is 46.4 Å². The molecule has 0 aliphatic carbocycles. The summed E-state index contributed by atoms with van der Waals surface area (Å²) in [5, 5.41) is 15.7. The Kier molecular flexibility index (Phi) is 6.72. The number of phenols is 1. The van der Waals surface area contributed by atoms with Crippen molar-refractivity contribution in [3.63, 3.8) is 0 Å². The predicted octanol–water partition coefficient (Wildman–Crippen LogP) is 6.04. The molecule has 172 valence electrons. The number of amides is 3. The molecule has 3 amide bonds. The van der Waals surface area contributed by atoms with Gasteiger partial charge in [0.25, 0.3) is 17.7 Å². The van der Waals surface area contributed by atoms with E-state index in [-0.39, 0.29) is 38.4 Å². The van der Waals surface area contributed by atoms with Gasteiger partial charge in [-0.15, -0.1) is 0 Å². The summed E-state index contributed by atoms with van der Waals surface area (Å²) in [7, 11) is 0. The maximum Gasteiger partial charge on any atom is 0.283 e. The number of benzene rings is 3. The minimum Gasteiger partial charge on any atom is -0.506 e. The van der Waals surface area contributed by atoms with Crippen LogP contribution in [-0.2, 0) is 9.59 Å². The fourth-order valence-corrected chi connectivity index (χ4v) is 4.06. The molecule has 1 aliphatic heterocycles. The van der Waals surface area contributed by atoms with Gasteiger partial charge in [-0.2, -0.15) is 0 Å². The standard InChI is InChI=1S/C23H13Cl4N3O4/c24-12-4-6-17(15(26)9-12)30-22(33)19(27)20(23(30)34)28-14-3-1-2-11(8-14)21(32)29-16-10-13(25)5-7-18(16)31/h1-10,28,31H,(H,29,32). The zero-order valence-corrected chi connectivity index (χ0v) is 19.9. The third kappa shape index (κ3) is 4.69. The van der Waals surface area contributed by atoms with Crippen LogP contribution in [0.5, 0.6) is 5.75 Å². The number of aromatic hydroxyl groups is 1. The molecular formula is C23H13Cl4N3O4. The molecule has 0 spiro atoms. The Hall–Kier alpha value is -3.23. The first kappa shape index (κ1) is 23.9. The van der Waals surface area contributed by atoms with Gasteiger partial charge in [-0.05, 0) is 54.6 Å². The van der Waals surface area contributed by atoms with Gasteiger partial charge in [-0.1, -0.05) is 52.5 Å². The second-order valence-electron chi connectivity index (χ2n) is 7.05. The van der Waals surface area contributed by atoms with Crippen molar-refractivity contribution in [1.29, 1.82) is 0 Å². The quantitative estimate of drug-likeness (QED) is 0.273. The molecule has 11 heteroatoms. The lowest BCUT2D eigenvalue weighted by Gasteiger charge is -2.17. The summed E-state index contributed by atoms with van der Waals surface area (Å²) in [6, 6.07) is 14.7. The zero-order chi connectivity index (χ0) is 24.6. The SMILES string of the molecule is O=C(Nc1cc(Cl)ccc1O)c1cccc(NC2=C(Cl)C(=O)N(c3ccc(Cl)cc3Cl)C2=O)c1. The van der Waals surface area contributed by atoms with Crippen molar-refractivity contribution in [2.45, 2.75) is 0 Å². The van der Waals surface area contributed by atoms with Gasteiger partial charge in [0.15, 0.2) is 0 Å². The van der Waals surface area contributed by atoms with E-state index in [1.54, 1.807) is 12.1 Å². The normalized spacial score (nSPS) is 13.5. The number of rotatable bonds is 5. The number of hydrogen-bond acceptors (Lipinski definition) is 5. The lowest BCUT2D eigenvalue weighted by Crippen LogP contribution is -2.32. The second-order valence-corrected chi connectivity index (χ2v) is 8.71. The van der Waals surface area contributed by atoms with E-state index in [1.807, 2.05) is 0 Å². The summed E-state index contributed by atoms with van der Waals surface area (Å²) in [6.45, 7) is 0. The number of carbonyl (C=O) groups excluding carboxylic acids is 3. The monoisotopic (exact) mass is 535 g/mol. The van der Waals surface area contributed by atoms with E-state index in [1.165, 1.54) is 48.5 Å². The summed E-state index contributed by atoms with van der Waals surface area (Å²) in [5.41, 5.74) is 0.610. The smallest absolute Gasteiger partial charge is 0.283 e. The molecule has 0 saturated carbocycles. The van der Waals surface area contributed by atoms with Gasteiger partial charge in [0.2, 0.25) is 0 Å². The molecule has 0 aromatic heterocycles. The Morgan fingerprint density at radius 2 is 1.56 bits per heavy atom. The minimum absolute atomic E-state index is 0.0999. The van der Waals surface area contributed by atoms with Crippen LogP contribution in [0, 0.1) is 0 Å². The molecular weight excluding hydrogens is 524 g/mol. The molecule has 0 fully saturated rings. The van der Waals surface area contributed by atoms with Crippen LogP contribution in [0.4, 0.5) is 17.1 Å². The first-order valence-corrected chi connectivity index (χ1v) is 11.1. The van der Waals surface area contributed by atoms with E-state index in [0.717, 1.165) is 4.90 Å². The van der Waals surface area contributed by atoms with E-state index < -0.39 is 17.7 Å². The third-order valence-corrected chi connectivity index (χ3v) is 5.90. The number of halogens is 4. The molecule has 7 nitrogen and oxygen atoms in total. The number of imide groups is 1. The van der Waals surface area contributed by atoms with Crippen LogP contribution in [0.25, 0.3) is 0 Å². The van der Waals surface area contributed by atoms with Crippen molar-refractivity contribution in [2.75, 3.05) is 15.5 Å². The number of hydrogen-bond donors (Lipinski definition) is 3. The Labute approximate surface area is 213 Å². The molecule has 34 heavy (non-hydrogen) atoms. The fourth-order valence-electron chi connectivity index (χ4n) is 3.18. The number of anilines is 3. The lowest BCUT2D eigenvalue weighted by molar-refractivity contribution is -0.120. The van der Waals surface area contributed by atoms with E-state index in [2.05, 4.69) is 10.6 Å². The van der Waals surface area contributed by atoms with E-state index in [9.17, 15) is 19.5 Å². The van der Waals surface area contributed by atoms with Crippen LogP contribution in [0.2, 0.25) is 15.1 Å². The maximum absolute atomic E-state index is 13.0. The summed E-state index contributed by atoms with van der Waals surface area (Å²) in [4.78, 5) is 39.2. The highest BCUT2D eigenvalue weighted by molar-refractivity contribution is 6.54. The molecule has 0 atom stereocenters. The zero-order valence-electron chi connectivity index (χ0n) is 16.9. The topological polar surface area (TPSA) is 98.7 Å². The Morgan fingerprint density at radius 1 is 0.853 bits per heavy atom. The van der Waals surface area contributed by atoms with E-state index in [0.29, 0.717) is 15.7 Å². The van der Waals surface area contributed by atoms with Crippen LogP contribution in [0.1, 0.15) is 10.4 Å². The number of carbonyl (C=O) groups is 3. The molecule has 0 radical (unpaired) electrons. The summed E-state index contributed by atoms with van der Waals surface area (Å²) in [5.74, 6) is -2.17. The lowest BCUT2D eigenvalue weighted by atomic mass is 10.1. The number of nitrogens with one attached hydrogen (secondary N) is 2. The Bertz CT molecular complexity index is 1390. The summed E-state index contributed by atoms with van der Waals surface area (Å²) < 4.78 is 0. The average molecular weight is 537 g/mol. The third-order valence-electron chi connectivity index (χ3n) is 4.78. The van der Waals surface area contributed by atoms with Crippen molar-refractivity contribution in [1.82, 2.24) is 0 Å². The van der Waals surface area contributed by atoms with Gasteiger partial charge in [0.1, 0.15) is 16.5 Å². The molecule has 3 aromatic carbocycles. The van der Waals surface area contributed by atoms with Crippen LogP contribution in [0.3, 0.4) is 0 Å². The van der Waals surface area contributed by atoms with Crippen LogP contribution in [-0.4, -0.2) is 22.8 Å². The molecule has 0 saturated heterocycles. The molecule has 4 rings (SSSR count). The fraction of sp³-hybridized carbons (Fsp3) is 0. The van der Waals surface area contributed by atoms with Gasteiger partial charge < -0.3 is 15.7 Å². The molecule has 1 aliphatic rings. The van der Waals surface area contributed by atoms with Gasteiger partial charge >= 0.3 is 0 Å². The van der Waals surface area contributed by atoms with Gasteiger partial charge in [-0.3, -0.25) is 14.4 Å². The first-order chi connectivity index (χ1) is 16.2. The van der Waals surface area contributed by atoms with Gasteiger partial charge in [-0.25, -0.2) is 4.90 Å². The Balaban J connectivity index is 1.56. The van der Waals surface area contributed by atoms with Crippen molar-refractivity contribution >= 4 is 81.2 Å². The van der Waals surface area contributed by atoms with Crippen molar-refractivity contribution in [2.24, 2.45) is 0 Å². The van der Waals surface area contributed by atoms with Gasteiger partial charge in [0, 0.05) is 21.3 Å². The highest BCUT2D eigenvalue weighted by atomic mass is 35.5. The van der Waals surface area contributed by atoms with Gasteiger partial charge in [0.05, 0.1) is 16.4 Å². The van der Waals surface area contributed by atoms with Crippen molar-refractivity contribution < 1.29 is 19.5 Å². The Morgan fingerprint density at radius 3 is 2.29 bits per heavy atom. The number of nitrogens with zero attached hydrogens (tertiary/aromatic N) is 1. The van der Waals surface area contributed by atoms with E-state index in [4.69, 9.17) is 46.4 Å². The molecule has 0 unspecified atom stereocenters. The average Bonchev–Trinajstić information content (AvgIpc) is 3.00. The molecule has 0 bridgehead atoms. The maximum atomic E-state index is 13.0. The summed E-state index contributed by atoms with van der Waals surface area (Å²) in [6.07, 6.45) is 0. The summed E-state index contributed by atoms with van der Waals surface area (Å²) >= 11 is 24.1. The highest BCUT2D eigenvalue weighted by Gasteiger charge is 2.39. The van der Waals surface area contributed by atoms with Crippen LogP contribution < -0.4 is 15.5 Å². The van der Waals surface area contributed by atoms with Crippen LogP contribution in [0.15, 0.2) is 71.4 Å². The predicted molar refractivity (Wildman–Crippen MR) is 133 cm³/mol. The molecule has 3 N–H and O–H groups in total. The molecule has 1 heterocycles. The second kappa shape index (κ2) is 9.56.